The fourth-order valence-electron chi connectivity index (χ4n) is 0.354. The van der Waals surface area contributed by atoms with Crippen LogP contribution in [0.25, 0.3) is 0 Å². The summed E-state index contributed by atoms with van der Waals surface area (Å²) in [6.45, 7) is 7.99. The van der Waals surface area contributed by atoms with Gasteiger partial charge in [0.15, 0.2) is 0 Å². The van der Waals surface area contributed by atoms with Crippen molar-refractivity contribution in [1.82, 2.24) is 0 Å². The van der Waals surface area contributed by atoms with E-state index in [0.29, 0.717) is 6.42 Å². The zero-order valence-corrected chi connectivity index (χ0v) is 6.69. The van der Waals surface area contributed by atoms with Gasteiger partial charge >= 0.3 is 0 Å². The normalized spacial score (nSPS) is 8.00. The molecule has 0 rings (SSSR count). The second-order valence-corrected chi connectivity index (χ2v) is 1.93. The van der Waals surface area contributed by atoms with E-state index in [9.17, 15) is 0 Å². The summed E-state index contributed by atoms with van der Waals surface area (Å²) >= 11 is 0. The Bertz CT molecular complexity index is 23.7. The van der Waals surface area contributed by atoms with Crippen LogP contribution in [0.1, 0.15) is 39.5 Å². The van der Waals surface area contributed by atoms with Crippen molar-refractivity contribution in [3.63, 3.8) is 0 Å². The largest absolute Gasteiger partial charge is 0.396 e. The van der Waals surface area contributed by atoms with Crippen molar-refractivity contribution in [1.29, 1.82) is 0 Å². The van der Waals surface area contributed by atoms with Gasteiger partial charge in [-0.3, -0.25) is 0 Å². The second kappa shape index (κ2) is 15.7. The molecule has 0 aliphatic heterocycles. The molecule has 0 atom stereocenters. The van der Waals surface area contributed by atoms with Crippen molar-refractivity contribution in [2.75, 3.05) is 6.61 Å². The summed E-state index contributed by atoms with van der Waals surface area (Å²) < 4.78 is 0. The fraction of sp³-hybridized carbons (Fsp3) is 0.875. The van der Waals surface area contributed by atoms with Gasteiger partial charge < -0.3 is 5.11 Å². The van der Waals surface area contributed by atoms with Gasteiger partial charge in [-0.2, -0.15) is 0 Å². The first kappa shape index (κ1) is 11.7. The third-order valence-electron chi connectivity index (χ3n) is 0.865. The summed E-state index contributed by atoms with van der Waals surface area (Å²) in [6, 6.07) is 0. The van der Waals surface area contributed by atoms with Crippen LogP contribution in [0.3, 0.4) is 0 Å². The van der Waals surface area contributed by atoms with Gasteiger partial charge in [-0.1, -0.05) is 40.0 Å². The van der Waals surface area contributed by atoms with Crippen molar-refractivity contribution in [3.05, 3.63) is 6.92 Å². The maximum atomic E-state index is 7.81. The van der Waals surface area contributed by atoms with Crippen LogP contribution in [0.15, 0.2) is 0 Å². The number of unbranched alkanes of at least 4 members (excludes halogenated alkanes) is 2. The van der Waals surface area contributed by atoms with Crippen molar-refractivity contribution < 1.29 is 5.11 Å². The molecule has 0 saturated carbocycles. The van der Waals surface area contributed by atoms with Crippen LogP contribution in [0, 0.1) is 6.92 Å². The molecule has 1 nitrogen and oxygen atoms in total. The zero-order valence-electron chi connectivity index (χ0n) is 6.69. The molecule has 1 radical (unpaired) electrons. The molecule has 0 heterocycles. The highest BCUT2D eigenvalue weighted by Crippen LogP contribution is 1.88. The molecule has 0 saturated heterocycles. The van der Waals surface area contributed by atoms with Gasteiger partial charge in [0.25, 0.3) is 0 Å². The SMILES string of the molecule is CCCCC.[CH2]CCO. The number of rotatable bonds is 3. The average Bonchev–Trinajstić information content (AvgIpc) is 1.91. The highest BCUT2D eigenvalue weighted by atomic mass is 16.2. The Morgan fingerprint density at radius 1 is 1.22 bits per heavy atom. The number of aliphatic hydroxyl groups is 1. The van der Waals surface area contributed by atoms with E-state index in [1.807, 2.05) is 0 Å². The smallest absolute Gasteiger partial charge is 0.0431 e. The van der Waals surface area contributed by atoms with Crippen LogP contribution in [-0.2, 0) is 0 Å². The van der Waals surface area contributed by atoms with E-state index < -0.39 is 0 Å². The Kier molecular flexibility index (Phi) is 20.4. The Balaban J connectivity index is 0. The highest BCUT2D eigenvalue weighted by molar-refractivity contribution is 4.28. The lowest BCUT2D eigenvalue weighted by molar-refractivity contribution is 0.302. The fourth-order valence-corrected chi connectivity index (χ4v) is 0.354. The second-order valence-electron chi connectivity index (χ2n) is 1.93. The predicted molar refractivity (Wildman–Crippen MR) is 42.3 cm³/mol. The van der Waals surface area contributed by atoms with Crippen LogP contribution in [0.2, 0.25) is 0 Å². The summed E-state index contributed by atoms with van der Waals surface area (Å²) in [7, 11) is 0. The van der Waals surface area contributed by atoms with Gasteiger partial charge in [0, 0.05) is 6.61 Å². The summed E-state index contributed by atoms with van der Waals surface area (Å²) in [5.74, 6) is 0. The number of hydrogen-bond donors (Lipinski definition) is 1. The molecule has 0 aromatic carbocycles. The molecular formula is C8H19O. The minimum Gasteiger partial charge on any atom is -0.396 e. The molecule has 9 heavy (non-hydrogen) atoms. The maximum absolute atomic E-state index is 7.81. The van der Waals surface area contributed by atoms with Crippen LogP contribution >= 0.6 is 0 Å². The molecule has 0 spiro atoms. The van der Waals surface area contributed by atoms with Crippen molar-refractivity contribution in [2.24, 2.45) is 0 Å². The highest BCUT2D eigenvalue weighted by Gasteiger charge is 1.68. The summed E-state index contributed by atoms with van der Waals surface area (Å²) in [5, 5.41) is 7.81. The van der Waals surface area contributed by atoms with E-state index >= 15 is 0 Å². The number of aliphatic hydroxyl groups excluding tert-OH is 1. The molecule has 0 fully saturated rings. The third-order valence-corrected chi connectivity index (χ3v) is 0.865. The Labute approximate surface area is 59.1 Å². The monoisotopic (exact) mass is 131 g/mol. The van der Waals surface area contributed by atoms with Gasteiger partial charge in [0.2, 0.25) is 0 Å². The molecule has 0 aromatic rings. The molecule has 0 bridgehead atoms. The van der Waals surface area contributed by atoms with Crippen molar-refractivity contribution in [2.45, 2.75) is 39.5 Å². The third kappa shape index (κ3) is 32.3. The van der Waals surface area contributed by atoms with Gasteiger partial charge in [-0.25, -0.2) is 0 Å². The van der Waals surface area contributed by atoms with E-state index in [2.05, 4.69) is 20.8 Å². The Morgan fingerprint density at radius 2 is 1.56 bits per heavy atom. The van der Waals surface area contributed by atoms with Crippen LogP contribution < -0.4 is 0 Å². The zero-order chi connectivity index (χ0) is 7.54. The van der Waals surface area contributed by atoms with Crippen LogP contribution in [-0.4, -0.2) is 11.7 Å². The first-order chi connectivity index (χ1) is 4.33. The minimum atomic E-state index is 0.208. The molecule has 0 aromatic heterocycles. The van der Waals surface area contributed by atoms with Gasteiger partial charge in [-0.05, 0) is 6.42 Å². The lowest BCUT2D eigenvalue weighted by atomic mass is 10.3. The van der Waals surface area contributed by atoms with E-state index in [1.165, 1.54) is 19.3 Å². The molecular weight excluding hydrogens is 112 g/mol. The van der Waals surface area contributed by atoms with Crippen LogP contribution in [0.5, 0.6) is 0 Å². The van der Waals surface area contributed by atoms with Gasteiger partial charge in [0.1, 0.15) is 0 Å². The van der Waals surface area contributed by atoms with E-state index in [1.54, 1.807) is 0 Å². The topological polar surface area (TPSA) is 20.2 Å². The summed E-state index contributed by atoms with van der Waals surface area (Å²) in [6.07, 6.45) is 4.70. The maximum Gasteiger partial charge on any atom is 0.0431 e. The summed E-state index contributed by atoms with van der Waals surface area (Å²) in [5.41, 5.74) is 0. The minimum absolute atomic E-state index is 0.208. The lowest BCUT2D eigenvalue weighted by Crippen LogP contribution is -1.70. The average molecular weight is 131 g/mol. The molecule has 0 unspecified atom stereocenters. The molecule has 1 N–H and O–H groups in total. The lowest BCUT2D eigenvalue weighted by Gasteiger charge is -1.79. The standard InChI is InChI=1S/C5H12.C3H7O/c1-3-5-4-2;1-2-3-4/h3-5H2,1-2H3;4H,1-3H2. The Morgan fingerprint density at radius 3 is 1.56 bits per heavy atom. The van der Waals surface area contributed by atoms with Gasteiger partial charge in [-0.15, -0.1) is 0 Å². The molecule has 0 amide bonds. The van der Waals surface area contributed by atoms with Crippen molar-refractivity contribution in [3.8, 4) is 0 Å². The predicted octanol–water partition coefficient (Wildman–Crippen LogP) is 2.40. The van der Waals surface area contributed by atoms with E-state index in [4.69, 9.17) is 5.11 Å². The van der Waals surface area contributed by atoms with Gasteiger partial charge in [0.05, 0.1) is 0 Å². The quantitative estimate of drug-likeness (QED) is 0.623. The first-order valence-electron chi connectivity index (χ1n) is 3.73. The first-order valence-corrected chi connectivity index (χ1v) is 3.73. The Hall–Kier alpha value is -0.0400. The molecule has 0 aliphatic rings. The van der Waals surface area contributed by atoms with Crippen molar-refractivity contribution >= 4 is 0 Å². The number of hydrogen-bond acceptors (Lipinski definition) is 1. The molecule has 57 valence electrons. The summed E-state index contributed by atoms with van der Waals surface area (Å²) in [4.78, 5) is 0. The molecule has 0 aliphatic carbocycles. The van der Waals surface area contributed by atoms with E-state index in [-0.39, 0.29) is 6.61 Å². The van der Waals surface area contributed by atoms with E-state index in [0.717, 1.165) is 0 Å². The molecule has 1 heteroatoms. The van der Waals surface area contributed by atoms with Crippen LogP contribution in [0.4, 0.5) is 0 Å².